The van der Waals surface area contributed by atoms with Crippen molar-refractivity contribution < 1.29 is 18.8 Å². The topological polar surface area (TPSA) is 78.5 Å². The van der Waals surface area contributed by atoms with Crippen LogP contribution in [0.5, 0.6) is 0 Å². The van der Waals surface area contributed by atoms with Crippen molar-refractivity contribution in [2.45, 2.75) is 50.6 Å². The molecule has 1 saturated carbocycles. The summed E-state index contributed by atoms with van der Waals surface area (Å²) in [4.78, 5) is 38.1. The van der Waals surface area contributed by atoms with Gasteiger partial charge in [0.05, 0.1) is 0 Å². The van der Waals surface area contributed by atoms with Gasteiger partial charge >= 0.3 is 6.03 Å². The van der Waals surface area contributed by atoms with E-state index in [0.29, 0.717) is 5.56 Å². The van der Waals surface area contributed by atoms with E-state index in [2.05, 4.69) is 10.6 Å². The molecule has 1 aliphatic heterocycles. The first-order valence-corrected chi connectivity index (χ1v) is 8.59. The van der Waals surface area contributed by atoms with Crippen LogP contribution < -0.4 is 10.6 Å². The van der Waals surface area contributed by atoms with Crippen molar-refractivity contribution in [1.29, 1.82) is 0 Å². The van der Waals surface area contributed by atoms with E-state index in [9.17, 15) is 18.8 Å². The van der Waals surface area contributed by atoms with Gasteiger partial charge in [0.15, 0.2) is 0 Å². The van der Waals surface area contributed by atoms with Crippen molar-refractivity contribution in [1.82, 2.24) is 15.5 Å². The number of hydrogen-bond acceptors (Lipinski definition) is 3. The maximum absolute atomic E-state index is 13.1. The Hall–Kier alpha value is -2.44. The third-order valence-electron chi connectivity index (χ3n) is 4.97. The van der Waals surface area contributed by atoms with Gasteiger partial charge in [-0.05, 0) is 37.5 Å². The van der Waals surface area contributed by atoms with Crippen molar-refractivity contribution in [3.05, 3.63) is 35.6 Å². The molecule has 0 bridgehead atoms. The normalized spacial score (nSPS) is 24.3. The van der Waals surface area contributed by atoms with Gasteiger partial charge in [0.1, 0.15) is 17.9 Å². The summed E-state index contributed by atoms with van der Waals surface area (Å²) in [6.45, 7) is 1.25. The summed E-state index contributed by atoms with van der Waals surface area (Å²) in [6.07, 6.45) is 5.20. The molecule has 3 rings (SSSR count). The fraction of sp³-hybridized carbons (Fsp3) is 0.500. The minimum absolute atomic E-state index is 0.116. The molecule has 4 amide bonds. The molecule has 1 heterocycles. The monoisotopic (exact) mass is 347 g/mol. The third-order valence-corrected chi connectivity index (χ3v) is 4.97. The minimum Gasteiger partial charge on any atom is -0.352 e. The van der Waals surface area contributed by atoms with Crippen molar-refractivity contribution in [3.63, 3.8) is 0 Å². The maximum Gasteiger partial charge on any atom is 0.325 e. The number of rotatable bonds is 4. The van der Waals surface area contributed by atoms with Crippen molar-refractivity contribution >= 4 is 17.8 Å². The smallest absolute Gasteiger partial charge is 0.325 e. The first-order valence-electron chi connectivity index (χ1n) is 8.59. The summed E-state index contributed by atoms with van der Waals surface area (Å²) in [5.41, 5.74) is -0.821. The quantitative estimate of drug-likeness (QED) is 0.818. The Morgan fingerprint density at radius 1 is 1.24 bits per heavy atom. The molecule has 0 aromatic heterocycles. The van der Waals surface area contributed by atoms with Gasteiger partial charge in [-0.1, -0.05) is 31.4 Å². The molecule has 1 aliphatic carbocycles. The highest BCUT2D eigenvalue weighted by molar-refractivity contribution is 6.09. The van der Waals surface area contributed by atoms with Gasteiger partial charge in [0.25, 0.3) is 5.91 Å². The number of hydrogen-bond donors (Lipinski definition) is 2. The summed E-state index contributed by atoms with van der Waals surface area (Å²) in [5.74, 6) is -1.27. The number of carbonyl (C=O) groups excluding carboxylic acids is 3. The molecule has 1 saturated heterocycles. The Bertz CT molecular complexity index is 685. The highest BCUT2D eigenvalue weighted by Gasteiger charge is 2.49. The average Bonchev–Trinajstić information content (AvgIpc) is 2.80. The van der Waals surface area contributed by atoms with E-state index in [-0.39, 0.29) is 18.5 Å². The van der Waals surface area contributed by atoms with Gasteiger partial charge in [-0.25, -0.2) is 9.18 Å². The molecule has 1 atom stereocenters. The number of carbonyl (C=O) groups is 3. The number of urea groups is 1. The van der Waals surface area contributed by atoms with Crippen LogP contribution in [0.3, 0.4) is 0 Å². The van der Waals surface area contributed by atoms with E-state index in [0.717, 1.165) is 30.6 Å². The van der Waals surface area contributed by atoms with Crippen molar-refractivity contribution in [2.24, 2.45) is 0 Å². The Labute approximate surface area is 145 Å². The molecule has 25 heavy (non-hydrogen) atoms. The Morgan fingerprint density at radius 3 is 2.52 bits per heavy atom. The minimum atomic E-state index is -1.30. The molecule has 1 aromatic rings. The second-order valence-corrected chi connectivity index (χ2v) is 6.86. The van der Waals surface area contributed by atoms with E-state index in [4.69, 9.17) is 0 Å². The molecule has 2 aliphatic rings. The largest absolute Gasteiger partial charge is 0.352 e. The summed E-state index contributed by atoms with van der Waals surface area (Å²) >= 11 is 0. The molecule has 2 fully saturated rings. The van der Waals surface area contributed by atoms with E-state index < -0.39 is 23.3 Å². The van der Waals surface area contributed by atoms with E-state index in [1.54, 1.807) is 6.92 Å². The number of imide groups is 1. The van der Waals surface area contributed by atoms with Crippen LogP contribution >= 0.6 is 0 Å². The van der Waals surface area contributed by atoms with Gasteiger partial charge in [-0.3, -0.25) is 14.5 Å². The molecule has 7 heteroatoms. The lowest BCUT2D eigenvalue weighted by molar-refractivity contribution is -0.135. The Morgan fingerprint density at radius 2 is 1.88 bits per heavy atom. The zero-order valence-corrected chi connectivity index (χ0v) is 14.2. The van der Waals surface area contributed by atoms with Crippen LogP contribution in [0.2, 0.25) is 0 Å². The van der Waals surface area contributed by atoms with Crippen LogP contribution in [-0.4, -0.2) is 35.3 Å². The van der Waals surface area contributed by atoms with Crippen LogP contribution in [0.25, 0.3) is 0 Å². The van der Waals surface area contributed by atoms with Crippen LogP contribution in [0.4, 0.5) is 9.18 Å². The number of halogens is 1. The van der Waals surface area contributed by atoms with Crippen LogP contribution in [-0.2, 0) is 15.1 Å². The predicted octanol–water partition coefficient (Wildman–Crippen LogP) is 2.04. The summed E-state index contributed by atoms with van der Waals surface area (Å²) in [6, 6.07) is 4.89. The Kier molecular flexibility index (Phi) is 4.74. The average molecular weight is 347 g/mol. The molecule has 1 aromatic carbocycles. The molecule has 134 valence electrons. The molecular formula is C18H22FN3O3. The first-order chi connectivity index (χ1) is 11.9. The van der Waals surface area contributed by atoms with Gasteiger partial charge in [0, 0.05) is 6.04 Å². The summed E-state index contributed by atoms with van der Waals surface area (Å²) in [5, 5.41) is 5.51. The number of benzene rings is 1. The van der Waals surface area contributed by atoms with Gasteiger partial charge in [-0.2, -0.15) is 0 Å². The summed E-state index contributed by atoms with van der Waals surface area (Å²) < 4.78 is 13.1. The maximum atomic E-state index is 13.1. The summed E-state index contributed by atoms with van der Waals surface area (Å²) in [7, 11) is 0. The van der Waals surface area contributed by atoms with Crippen LogP contribution in [0, 0.1) is 5.82 Å². The van der Waals surface area contributed by atoms with Gasteiger partial charge < -0.3 is 10.6 Å². The van der Waals surface area contributed by atoms with Crippen LogP contribution in [0.15, 0.2) is 24.3 Å². The van der Waals surface area contributed by atoms with E-state index in [1.165, 1.54) is 30.7 Å². The molecular weight excluding hydrogens is 325 g/mol. The number of nitrogens with zero attached hydrogens (tertiary/aromatic N) is 1. The standard InChI is InChI=1S/C18H22FN3O3/c1-18(12-7-9-13(19)10-8-12)16(24)22(17(25)21-18)11-15(23)20-14-5-3-2-4-6-14/h7-10,14H,2-6,11H2,1H3,(H,20,23)(H,21,25). The molecule has 2 N–H and O–H groups in total. The van der Waals surface area contributed by atoms with Gasteiger partial charge in [0.2, 0.25) is 5.91 Å². The zero-order chi connectivity index (χ0) is 18.0. The SMILES string of the molecule is CC1(c2ccc(F)cc2)NC(=O)N(CC(=O)NC2CCCCC2)C1=O. The third kappa shape index (κ3) is 3.50. The van der Waals surface area contributed by atoms with Gasteiger partial charge in [-0.15, -0.1) is 0 Å². The lowest BCUT2D eigenvalue weighted by Gasteiger charge is -2.24. The lowest BCUT2D eigenvalue weighted by atomic mass is 9.92. The highest BCUT2D eigenvalue weighted by Crippen LogP contribution is 2.28. The predicted molar refractivity (Wildman–Crippen MR) is 89.0 cm³/mol. The van der Waals surface area contributed by atoms with E-state index in [1.807, 2.05) is 0 Å². The second kappa shape index (κ2) is 6.82. The first kappa shape index (κ1) is 17.4. The molecule has 1 unspecified atom stereocenters. The lowest BCUT2D eigenvalue weighted by Crippen LogP contribution is -2.45. The van der Waals surface area contributed by atoms with E-state index >= 15 is 0 Å². The number of amides is 4. The van der Waals surface area contributed by atoms with Crippen molar-refractivity contribution in [3.8, 4) is 0 Å². The van der Waals surface area contributed by atoms with Crippen LogP contribution in [0.1, 0.15) is 44.6 Å². The fourth-order valence-electron chi connectivity index (χ4n) is 3.48. The zero-order valence-electron chi connectivity index (χ0n) is 14.2. The second-order valence-electron chi connectivity index (χ2n) is 6.86. The Balaban J connectivity index is 1.68. The fourth-order valence-corrected chi connectivity index (χ4v) is 3.48. The number of nitrogens with one attached hydrogen (secondary N) is 2. The molecule has 0 radical (unpaired) electrons. The molecule has 0 spiro atoms. The molecule has 6 nitrogen and oxygen atoms in total. The van der Waals surface area contributed by atoms with Crippen molar-refractivity contribution in [2.75, 3.05) is 6.54 Å². The highest BCUT2D eigenvalue weighted by atomic mass is 19.1.